The molecule has 7 nitrogen and oxygen atoms in total. The van der Waals surface area contributed by atoms with Crippen molar-refractivity contribution in [2.75, 3.05) is 6.54 Å². The smallest absolute Gasteiger partial charge is 0.345 e. The summed E-state index contributed by atoms with van der Waals surface area (Å²) in [7, 11) is 0. The van der Waals surface area contributed by atoms with Crippen molar-refractivity contribution < 1.29 is 19.1 Å². The molecule has 0 spiro atoms. The number of hydrogen-bond donors (Lipinski definition) is 2. The van der Waals surface area contributed by atoms with Crippen LogP contribution in [0.1, 0.15) is 26.3 Å². The summed E-state index contributed by atoms with van der Waals surface area (Å²) < 4.78 is 6.20. The number of benzene rings is 4. The van der Waals surface area contributed by atoms with Gasteiger partial charge in [0.1, 0.15) is 5.75 Å². The van der Waals surface area contributed by atoms with Crippen LogP contribution in [-0.2, 0) is 4.79 Å². The second-order valence-electron chi connectivity index (χ2n) is 7.55. The molecule has 4 rings (SSSR count). The Balaban J connectivity index is 1.38. The van der Waals surface area contributed by atoms with Gasteiger partial charge in [-0.3, -0.25) is 9.59 Å². The third-order valence-corrected chi connectivity index (χ3v) is 5.93. The molecule has 0 aliphatic rings. The van der Waals surface area contributed by atoms with Gasteiger partial charge in [-0.2, -0.15) is 5.10 Å². The lowest BCUT2D eigenvalue weighted by molar-refractivity contribution is -0.120. The zero-order valence-electron chi connectivity index (χ0n) is 18.7. The topological polar surface area (TPSA) is 96.9 Å². The van der Waals surface area contributed by atoms with Crippen molar-refractivity contribution in [3.63, 3.8) is 0 Å². The van der Waals surface area contributed by atoms with E-state index in [0.717, 1.165) is 15.2 Å². The van der Waals surface area contributed by atoms with E-state index in [9.17, 15) is 14.4 Å². The Morgan fingerprint density at radius 2 is 1.64 bits per heavy atom. The lowest BCUT2D eigenvalue weighted by Gasteiger charge is -2.09. The number of hydrazone groups is 1. The van der Waals surface area contributed by atoms with Crippen LogP contribution in [0.3, 0.4) is 0 Å². The summed E-state index contributed by atoms with van der Waals surface area (Å²) in [4.78, 5) is 37.4. The third-order valence-electron chi connectivity index (χ3n) is 5.10. The van der Waals surface area contributed by atoms with Crippen molar-refractivity contribution in [3.05, 3.63) is 111 Å². The Kier molecular flexibility index (Phi) is 8.10. The molecule has 0 saturated carbocycles. The molecule has 0 bridgehead atoms. The molecule has 0 aromatic heterocycles. The van der Waals surface area contributed by atoms with E-state index in [1.807, 2.05) is 30.3 Å². The molecule has 4 aromatic carbocycles. The molecule has 0 unspecified atom stereocenters. The van der Waals surface area contributed by atoms with Crippen LogP contribution in [0.5, 0.6) is 5.75 Å². The molecule has 4 aromatic rings. The summed E-state index contributed by atoms with van der Waals surface area (Å²) in [5, 5.41) is 8.52. The van der Waals surface area contributed by atoms with Crippen molar-refractivity contribution >= 4 is 62.3 Å². The standard InChI is InChI=1S/C27H19BrClN3O4/c28-19-12-13-24(36-27(35)22-9-3-4-11-23(22)29)18(14-19)15-31-32-25(33)16-30-26(34)21-10-5-7-17-6-1-2-8-20(17)21/h1-15H,16H2,(H,30,34)(H,32,33). The molecular formula is C27H19BrClN3O4. The summed E-state index contributed by atoms with van der Waals surface area (Å²) in [6.45, 7) is -0.272. The number of rotatable bonds is 7. The van der Waals surface area contributed by atoms with Crippen LogP contribution in [-0.4, -0.2) is 30.5 Å². The van der Waals surface area contributed by atoms with Gasteiger partial charge >= 0.3 is 5.97 Å². The van der Waals surface area contributed by atoms with Gasteiger partial charge in [0, 0.05) is 15.6 Å². The molecule has 2 N–H and O–H groups in total. The van der Waals surface area contributed by atoms with E-state index in [4.69, 9.17) is 16.3 Å². The predicted octanol–water partition coefficient (Wildman–Crippen LogP) is 5.36. The number of esters is 1. The second-order valence-corrected chi connectivity index (χ2v) is 8.88. The predicted molar refractivity (Wildman–Crippen MR) is 143 cm³/mol. The number of nitrogens with one attached hydrogen (secondary N) is 2. The molecular weight excluding hydrogens is 546 g/mol. The summed E-state index contributed by atoms with van der Waals surface area (Å²) in [5.41, 5.74) is 3.49. The highest BCUT2D eigenvalue weighted by Gasteiger charge is 2.15. The molecule has 2 amide bonds. The van der Waals surface area contributed by atoms with Gasteiger partial charge in [0.25, 0.3) is 11.8 Å². The van der Waals surface area contributed by atoms with Gasteiger partial charge in [-0.25, -0.2) is 10.2 Å². The van der Waals surface area contributed by atoms with Crippen LogP contribution in [0.25, 0.3) is 10.8 Å². The summed E-state index contributed by atoms with van der Waals surface area (Å²) in [6.07, 6.45) is 1.34. The lowest BCUT2D eigenvalue weighted by Crippen LogP contribution is -2.35. The van der Waals surface area contributed by atoms with Crippen LogP contribution < -0.4 is 15.5 Å². The van der Waals surface area contributed by atoms with Crippen molar-refractivity contribution in [2.24, 2.45) is 5.10 Å². The van der Waals surface area contributed by atoms with Crippen LogP contribution in [0, 0.1) is 0 Å². The summed E-state index contributed by atoms with van der Waals surface area (Å²) in [5.74, 6) is -1.29. The average Bonchev–Trinajstić information content (AvgIpc) is 2.88. The van der Waals surface area contributed by atoms with E-state index >= 15 is 0 Å². The Morgan fingerprint density at radius 1 is 0.917 bits per heavy atom. The third kappa shape index (κ3) is 6.16. The van der Waals surface area contributed by atoms with Gasteiger partial charge in [-0.1, -0.05) is 76.1 Å². The first kappa shape index (κ1) is 25.1. The van der Waals surface area contributed by atoms with Crippen LogP contribution in [0.15, 0.2) is 94.5 Å². The number of carbonyl (C=O) groups is 3. The number of halogens is 2. The number of hydrogen-bond acceptors (Lipinski definition) is 5. The van der Waals surface area contributed by atoms with Gasteiger partial charge in [0.15, 0.2) is 0 Å². The summed E-state index contributed by atoms with van der Waals surface area (Å²) >= 11 is 9.44. The largest absolute Gasteiger partial charge is 0.422 e. The Morgan fingerprint density at radius 3 is 2.47 bits per heavy atom. The first-order valence-corrected chi connectivity index (χ1v) is 11.9. The number of amides is 2. The number of fused-ring (bicyclic) bond motifs is 1. The SMILES string of the molecule is O=C(CNC(=O)c1cccc2ccccc12)NN=Cc1cc(Br)ccc1OC(=O)c1ccccc1Cl. The Labute approximate surface area is 220 Å². The molecule has 0 saturated heterocycles. The van der Waals surface area contributed by atoms with Gasteiger partial charge in [-0.15, -0.1) is 0 Å². The Hall–Kier alpha value is -4.01. The Bertz CT molecular complexity index is 1480. The highest BCUT2D eigenvalue weighted by molar-refractivity contribution is 9.10. The lowest BCUT2D eigenvalue weighted by atomic mass is 10.0. The van der Waals surface area contributed by atoms with E-state index in [0.29, 0.717) is 11.1 Å². The maximum Gasteiger partial charge on any atom is 0.345 e. The monoisotopic (exact) mass is 563 g/mol. The first-order valence-electron chi connectivity index (χ1n) is 10.8. The van der Waals surface area contributed by atoms with Gasteiger partial charge < -0.3 is 10.1 Å². The molecule has 36 heavy (non-hydrogen) atoms. The fraction of sp³-hybridized carbons (Fsp3) is 0.0370. The van der Waals surface area contributed by atoms with E-state index in [1.165, 1.54) is 6.21 Å². The normalized spacial score (nSPS) is 10.8. The zero-order valence-corrected chi connectivity index (χ0v) is 21.0. The van der Waals surface area contributed by atoms with Crippen molar-refractivity contribution in [1.29, 1.82) is 0 Å². The molecule has 0 aliphatic carbocycles. The summed E-state index contributed by atoms with van der Waals surface area (Å²) in [6, 6.07) is 24.4. The van der Waals surface area contributed by atoms with Gasteiger partial charge in [0.2, 0.25) is 0 Å². The number of ether oxygens (including phenoxy) is 1. The van der Waals surface area contributed by atoms with Gasteiger partial charge in [-0.05, 0) is 47.2 Å². The van der Waals surface area contributed by atoms with Crippen LogP contribution in [0.2, 0.25) is 5.02 Å². The quantitative estimate of drug-likeness (QED) is 0.137. The minimum atomic E-state index is -0.627. The van der Waals surface area contributed by atoms with Crippen LogP contribution >= 0.6 is 27.5 Å². The fourth-order valence-electron chi connectivity index (χ4n) is 3.39. The van der Waals surface area contributed by atoms with E-state index < -0.39 is 11.9 Å². The minimum absolute atomic E-state index is 0.222. The molecule has 0 atom stereocenters. The van der Waals surface area contributed by atoms with Crippen molar-refractivity contribution in [1.82, 2.24) is 10.7 Å². The molecule has 9 heteroatoms. The van der Waals surface area contributed by atoms with Crippen LogP contribution in [0.4, 0.5) is 0 Å². The molecule has 0 aliphatic heterocycles. The van der Waals surface area contributed by atoms with Crippen molar-refractivity contribution in [2.45, 2.75) is 0 Å². The molecule has 0 radical (unpaired) electrons. The van der Waals surface area contributed by atoms with Gasteiger partial charge in [0.05, 0.1) is 23.3 Å². The zero-order chi connectivity index (χ0) is 25.5. The van der Waals surface area contributed by atoms with E-state index in [-0.39, 0.29) is 28.8 Å². The molecule has 0 fully saturated rings. The maximum absolute atomic E-state index is 12.6. The molecule has 0 heterocycles. The highest BCUT2D eigenvalue weighted by Crippen LogP contribution is 2.24. The maximum atomic E-state index is 12.6. The number of nitrogens with zero attached hydrogens (tertiary/aromatic N) is 1. The van der Waals surface area contributed by atoms with E-state index in [1.54, 1.807) is 54.6 Å². The molecule has 180 valence electrons. The highest BCUT2D eigenvalue weighted by atomic mass is 79.9. The first-order chi connectivity index (χ1) is 17.4. The minimum Gasteiger partial charge on any atom is -0.422 e. The number of carbonyl (C=O) groups excluding carboxylic acids is 3. The van der Waals surface area contributed by atoms with Crippen molar-refractivity contribution in [3.8, 4) is 5.75 Å². The van der Waals surface area contributed by atoms with E-state index in [2.05, 4.69) is 31.8 Å². The second kappa shape index (κ2) is 11.6. The fourth-order valence-corrected chi connectivity index (χ4v) is 3.98. The average molecular weight is 565 g/mol.